The summed E-state index contributed by atoms with van der Waals surface area (Å²) in [5.74, 6) is 0.947. The van der Waals surface area contributed by atoms with E-state index in [0.29, 0.717) is 0 Å². The second-order valence-electron chi connectivity index (χ2n) is 5.00. The van der Waals surface area contributed by atoms with E-state index in [-0.39, 0.29) is 24.0 Å². The van der Waals surface area contributed by atoms with Crippen LogP contribution in [0.25, 0.3) is 10.9 Å². The molecule has 3 rings (SSSR count). The first kappa shape index (κ1) is 15.2. The number of para-hydroxylation sites is 1. The zero-order chi connectivity index (χ0) is 13.1. The van der Waals surface area contributed by atoms with Crippen molar-refractivity contribution < 1.29 is 0 Å². The van der Waals surface area contributed by atoms with Crippen molar-refractivity contribution in [2.24, 2.45) is 4.99 Å². The molecule has 0 atom stereocenters. The molecule has 0 aliphatic carbocycles. The Hall–Kier alpha value is -1.24. The lowest BCUT2D eigenvalue weighted by Crippen LogP contribution is -2.41. The number of halogens is 1. The summed E-state index contributed by atoms with van der Waals surface area (Å²) in [6.07, 6.45) is 4.26. The van der Waals surface area contributed by atoms with Crippen molar-refractivity contribution in [1.29, 1.82) is 0 Å². The highest BCUT2D eigenvalue weighted by Crippen LogP contribution is 2.21. The zero-order valence-corrected chi connectivity index (χ0v) is 14.0. The number of fused-ring (bicyclic) bond motifs is 1. The molecule has 4 nitrogen and oxygen atoms in total. The van der Waals surface area contributed by atoms with E-state index in [0.717, 1.165) is 38.4 Å². The van der Waals surface area contributed by atoms with Crippen LogP contribution in [0.5, 0.6) is 0 Å². The van der Waals surface area contributed by atoms with Crippen molar-refractivity contribution in [2.45, 2.75) is 19.8 Å². The first-order valence-electron chi connectivity index (χ1n) is 6.92. The summed E-state index contributed by atoms with van der Waals surface area (Å²) < 4.78 is 0. The van der Waals surface area contributed by atoms with Gasteiger partial charge in [-0.3, -0.25) is 4.99 Å². The number of hydrogen-bond donors (Lipinski definition) is 3. The molecular weight excluding hydrogens is 363 g/mol. The number of aryl methyl sites for hydroxylation is 1. The quantitative estimate of drug-likeness (QED) is 0.713. The number of H-pyrrole nitrogens is 1. The average Bonchev–Trinajstić information content (AvgIpc) is 2.85. The van der Waals surface area contributed by atoms with Gasteiger partial charge in [-0.25, -0.2) is 0 Å². The zero-order valence-electron chi connectivity index (χ0n) is 11.7. The van der Waals surface area contributed by atoms with Gasteiger partial charge in [0.25, 0.3) is 0 Å². The van der Waals surface area contributed by atoms with Gasteiger partial charge in [-0.05, 0) is 30.9 Å². The Morgan fingerprint density at radius 3 is 3.05 bits per heavy atom. The van der Waals surface area contributed by atoms with E-state index in [9.17, 15) is 0 Å². The maximum absolute atomic E-state index is 4.41. The van der Waals surface area contributed by atoms with E-state index in [1.54, 1.807) is 0 Å². The summed E-state index contributed by atoms with van der Waals surface area (Å²) in [7, 11) is 0. The molecule has 0 bridgehead atoms. The van der Waals surface area contributed by atoms with Gasteiger partial charge in [-0.1, -0.05) is 18.2 Å². The van der Waals surface area contributed by atoms with Crippen molar-refractivity contribution in [3.8, 4) is 0 Å². The number of rotatable bonds is 3. The summed E-state index contributed by atoms with van der Waals surface area (Å²) in [5.41, 5.74) is 3.92. The molecule has 1 aliphatic heterocycles. The van der Waals surface area contributed by atoms with Gasteiger partial charge in [-0.2, -0.15) is 0 Å². The predicted octanol–water partition coefficient (Wildman–Crippen LogP) is 2.58. The van der Waals surface area contributed by atoms with E-state index >= 15 is 0 Å². The highest BCUT2D eigenvalue weighted by molar-refractivity contribution is 14.0. The molecule has 2 aromatic rings. The lowest BCUT2D eigenvalue weighted by atomic mass is 10.1. The number of guanidine groups is 1. The predicted molar refractivity (Wildman–Crippen MR) is 95.1 cm³/mol. The van der Waals surface area contributed by atoms with E-state index in [2.05, 4.69) is 51.9 Å². The number of aromatic amines is 1. The third-order valence-corrected chi connectivity index (χ3v) is 3.59. The minimum atomic E-state index is 0. The fraction of sp³-hybridized carbons (Fsp3) is 0.400. The molecule has 1 aromatic carbocycles. The van der Waals surface area contributed by atoms with Crippen LogP contribution >= 0.6 is 24.0 Å². The van der Waals surface area contributed by atoms with Crippen LogP contribution in [0.3, 0.4) is 0 Å². The van der Waals surface area contributed by atoms with Crippen molar-refractivity contribution in [1.82, 2.24) is 15.6 Å². The summed E-state index contributed by atoms with van der Waals surface area (Å²) in [6, 6.07) is 6.45. The molecular formula is C15H21IN4. The van der Waals surface area contributed by atoms with Crippen LogP contribution in [-0.4, -0.2) is 30.6 Å². The van der Waals surface area contributed by atoms with Crippen LogP contribution < -0.4 is 10.6 Å². The summed E-state index contributed by atoms with van der Waals surface area (Å²) in [4.78, 5) is 7.78. The number of benzene rings is 1. The molecule has 0 spiro atoms. The Bertz CT molecular complexity index is 603. The minimum absolute atomic E-state index is 0. The highest BCUT2D eigenvalue weighted by atomic mass is 127. The van der Waals surface area contributed by atoms with Crippen LogP contribution in [0.15, 0.2) is 29.4 Å². The largest absolute Gasteiger partial charge is 0.361 e. The Kier molecular flexibility index (Phi) is 5.28. The molecule has 5 heteroatoms. The van der Waals surface area contributed by atoms with Gasteiger partial charge in [-0.15, -0.1) is 24.0 Å². The van der Waals surface area contributed by atoms with Gasteiger partial charge in [0.1, 0.15) is 0 Å². The molecule has 0 amide bonds. The highest BCUT2D eigenvalue weighted by Gasteiger charge is 2.06. The van der Waals surface area contributed by atoms with Crippen LogP contribution in [0, 0.1) is 6.92 Å². The van der Waals surface area contributed by atoms with Crippen LogP contribution in [0.4, 0.5) is 0 Å². The number of aliphatic imine (C=N–C) groups is 1. The molecule has 20 heavy (non-hydrogen) atoms. The SMILES string of the molecule is Cc1cccc2c(CCNC3=NCCCN3)c[nH]c12.I. The van der Waals surface area contributed by atoms with E-state index < -0.39 is 0 Å². The molecule has 0 unspecified atom stereocenters. The van der Waals surface area contributed by atoms with Gasteiger partial charge >= 0.3 is 0 Å². The summed E-state index contributed by atoms with van der Waals surface area (Å²) >= 11 is 0. The van der Waals surface area contributed by atoms with Gasteiger partial charge in [0, 0.05) is 36.7 Å². The van der Waals surface area contributed by atoms with Crippen molar-refractivity contribution >= 4 is 40.8 Å². The van der Waals surface area contributed by atoms with Gasteiger partial charge in [0.2, 0.25) is 0 Å². The first-order valence-corrected chi connectivity index (χ1v) is 6.92. The smallest absolute Gasteiger partial charge is 0.191 e. The van der Waals surface area contributed by atoms with Gasteiger partial charge < -0.3 is 15.6 Å². The van der Waals surface area contributed by atoms with Gasteiger partial charge in [0.05, 0.1) is 0 Å². The molecule has 1 aromatic heterocycles. The average molecular weight is 384 g/mol. The van der Waals surface area contributed by atoms with E-state index in [1.807, 2.05) is 0 Å². The Morgan fingerprint density at radius 1 is 1.35 bits per heavy atom. The molecule has 1 aliphatic rings. The second-order valence-corrected chi connectivity index (χ2v) is 5.00. The van der Waals surface area contributed by atoms with Crippen molar-refractivity contribution in [2.75, 3.05) is 19.6 Å². The summed E-state index contributed by atoms with van der Waals surface area (Å²) in [5, 5.41) is 7.97. The molecule has 0 radical (unpaired) electrons. The molecule has 3 N–H and O–H groups in total. The Labute approximate surface area is 136 Å². The van der Waals surface area contributed by atoms with Crippen LogP contribution in [0.2, 0.25) is 0 Å². The monoisotopic (exact) mass is 384 g/mol. The topological polar surface area (TPSA) is 52.2 Å². The fourth-order valence-electron chi connectivity index (χ4n) is 2.54. The Balaban J connectivity index is 0.00000147. The Morgan fingerprint density at radius 2 is 2.25 bits per heavy atom. The molecule has 0 saturated carbocycles. The minimum Gasteiger partial charge on any atom is -0.361 e. The number of nitrogens with one attached hydrogen (secondary N) is 3. The lowest BCUT2D eigenvalue weighted by Gasteiger charge is -2.15. The van der Waals surface area contributed by atoms with E-state index in [4.69, 9.17) is 0 Å². The number of nitrogens with zero attached hydrogens (tertiary/aromatic N) is 1. The third kappa shape index (κ3) is 3.26. The molecule has 0 saturated heterocycles. The number of aromatic nitrogens is 1. The lowest BCUT2D eigenvalue weighted by molar-refractivity contribution is 0.700. The standard InChI is InChI=1S/C15H20N4.HI/c1-11-4-2-5-13-12(10-19-14(11)13)6-9-18-15-16-7-3-8-17-15;/h2,4-5,10,19H,3,6-9H2,1H3,(H2,16,17,18);1H. The first-order chi connectivity index (χ1) is 9.34. The van der Waals surface area contributed by atoms with Crippen molar-refractivity contribution in [3.63, 3.8) is 0 Å². The normalized spacial score (nSPS) is 14.3. The molecule has 108 valence electrons. The maximum atomic E-state index is 4.41. The summed E-state index contributed by atoms with van der Waals surface area (Å²) in [6.45, 7) is 5.01. The molecule has 2 heterocycles. The van der Waals surface area contributed by atoms with Crippen LogP contribution in [-0.2, 0) is 6.42 Å². The third-order valence-electron chi connectivity index (χ3n) is 3.59. The number of hydrogen-bond acceptors (Lipinski definition) is 3. The maximum Gasteiger partial charge on any atom is 0.191 e. The van der Waals surface area contributed by atoms with Crippen molar-refractivity contribution in [3.05, 3.63) is 35.5 Å². The van der Waals surface area contributed by atoms with E-state index in [1.165, 1.54) is 22.0 Å². The fourth-order valence-corrected chi connectivity index (χ4v) is 2.54. The van der Waals surface area contributed by atoms with Gasteiger partial charge in [0.15, 0.2) is 5.96 Å². The second kappa shape index (κ2) is 6.97. The van der Waals surface area contributed by atoms with Crippen LogP contribution in [0.1, 0.15) is 17.5 Å². The molecule has 0 fully saturated rings.